The Kier molecular flexibility index (Phi) is 7.64. The normalized spacial score (nSPS) is 10.7. The number of nitrogens with zero attached hydrogens (tertiary/aromatic N) is 2. The van der Waals surface area contributed by atoms with Crippen molar-refractivity contribution in [3.05, 3.63) is 97.5 Å². The zero-order valence-corrected chi connectivity index (χ0v) is 18.3. The number of hydrogen-bond donors (Lipinski definition) is 1. The number of para-hydroxylation sites is 1. The lowest BCUT2D eigenvalue weighted by Crippen LogP contribution is -2.18. The predicted molar refractivity (Wildman–Crippen MR) is 122 cm³/mol. The second kappa shape index (κ2) is 10.6. The van der Waals surface area contributed by atoms with Gasteiger partial charge in [-0.3, -0.25) is 14.9 Å². The summed E-state index contributed by atoms with van der Waals surface area (Å²) in [5.74, 6) is 0.0458. The molecule has 0 aliphatic heterocycles. The van der Waals surface area contributed by atoms with Gasteiger partial charge < -0.3 is 9.47 Å². The summed E-state index contributed by atoms with van der Waals surface area (Å²) in [6.07, 6.45) is 1.40. The fraction of sp³-hybridized carbons (Fsp3) is 0.0909. The van der Waals surface area contributed by atoms with Gasteiger partial charge in [-0.15, -0.1) is 0 Å². The van der Waals surface area contributed by atoms with Gasteiger partial charge in [0.1, 0.15) is 18.1 Å². The van der Waals surface area contributed by atoms with Crippen molar-refractivity contribution in [2.75, 3.05) is 7.11 Å². The zero-order valence-electron chi connectivity index (χ0n) is 16.7. The van der Waals surface area contributed by atoms with E-state index in [1.807, 2.05) is 0 Å². The van der Waals surface area contributed by atoms with Crippen LogP contribution in [-0.4, -0.2) is 24.2 Å². The number of nitro benzene ring substituents is 1. The van der Waals surface area contributed by atoms with E-state index < -0.39 is 10.8 Å². The van der Waals surface area contributed by atoms with Gasteiger partial charge in [0.25, 0.3) is 11.6 Å². The molecule has 3 aromatic rings. The van der Waals surface area contributed by atoms with Gasteiger partial charge >= 0.3 is 0 Å². The van der Waals surface area contributed by atoms with Crippen LogP contribution in [0.5, 0.6) is 11.5 Å². The molecule has 1 N–H and O–H groups in total. The van der Waals surface area contributed by atoms with Crippen LogP contribution in [-0.2, 0) is 6.61 Å². The number of nitro groups is 1. The van der Waals surface area contributed by atoms with Crippen molar-refractivity contribution in [3.63, 3.8) is 0 Å². The molecular weight excluding hydrogens is 457 g/mol. The number of halogens is 2. The minimum absolute atomic E-state index is 0.0132. The number of ether oxygens (including phenoxy) is 2. The number of rotatable bonds is 8. The van der Waals surface area contributed by atoms with Crippen LogP contribution in [0.15, 0.2) is 65.8 Å². The third-order valence-electron chi connectivity index (χ3n) is 4.33. The third-order valence-corrected chi connectivity index (χ3v) is 4.91. The summed E-state index contributed by atoms with van der Waals surface area (Å²) in [4.78, 5) is 22.9. The molecule has 0 aliphatic rings. The topological polar surface area (TPSA) is 103 Å². The maximum Gasteiger partial charge on any atom is 0.275 e. The quantitative estimate of drug-likeness (QED) is 0.273. The van der Waals surface area contributed by atoms with Gasteiger partial charge in [0, 0.05) is 33.3 Å². The lowest BCUT2D eigenvalue weighted by molar-refractivity contribution is -0.384. The van der Waals surface area contributed by atoms with Crippen LogP contribution in [0.2, 0.25) is 10.0 Å². The van der Waals surface area contributed by atoms with E-state index in [2.05, 4.69) is 10.5 Å². The van der Waals surface area contributed by atoms with E-state index in [4.69, 9.17) is 32.7 Å². The Morgan fingerprint density at radius 1 is 1.12 bits per heavy atom. The molecule has 0 saturated heterocycles. The van der Waals surface area contributed by atoms with E-state index in [1.165, 1.54) is 25.5 Å². The Bertz CT molecular complexity index is 1180. The molecule has 164 valence electrons. The third kappa shape index (κ3) is 5.75. The first-order valence-corrected chi connectivity index (χ1v) is 9.96. The molecule has 0 aromatic heterocycles. The van der Waals surface area contributed by atoms with Crippen LogP contribution in [0, 0.1) is 10.1 Å². The highest BCUT2D eigenvalue weighted by Gasteiger charge is 2.17. The summed E-state index contributed by atoms with van der Waals surface area (Å²) in [7, 11) is 1.36. The molecule has 3 aromatic carbocycles. The summed E-state index contributed by atoms with van der Waals surface area (Å²) >= 11 is 12.1. The number of hydrogen-bond acceptors (Lipinski definition) is 6. The number of benzene rings is 3. The van der Waals surface area contributed by atoms with Crippen molar-refractivity contribution in [2.45, 2.75) is 6.61 Å². The summed E-state index contributed by atoms with van der Waals surface area (Å²) < 4.78 is 10.9. The number of methoxy groups -OCH3 is 1. The van der Waals surface area contributed by atoms with Gasteiger partial charge in [-0.05, 0) is 30.3 Å². The Morgan fingerprint density at radius 2 is 1.91 bits per heavy atom. The molecule has 1 amide bonds. The van der Waals surface area contributed by atoms with Crippen molar-refractivity contribution in [1.29, 1.82) is 0 Å². The van der Waals surface area contributed by atoms with Crippen molar-refractivity contribution >= 4 is 41.0 Å². The molecule has 0 atom stereocenters. The van der Waals surface area contributed by atoms with Crippen LogP contribution in [0.25, 0.3) is 0 Å². The monoisotopic (exact) mass is 473 g/mol. The molecule has 0 saturated carbocycles. The first-order chi connectivity index (χ1) is 15.4. The molecule has 0 heterocycles. The molecule has 0 radical (unpaired) electrons. The molecule has 3 rings (SSSR count). The number of non-ortho nitro benzene ring substituents is 1. The van der Waals surface area contributed by atoms with Crippen LogP contribution < -0.4 is 14.9 Å². The average molecular weight is 474 g/mol. The van der Waals surface area contributed by atoms with E-state index in [0.29, 0.717) is 21.4 Å². The standard InChI is InChI=1S/C22H17Cl2N3O5/c1-31-21-9-8-17(27(29)30)11-18(21)22(28)26-25-12-14-4-2-3-5-20(14)32-13-15-6-7-16(23)10-19(15)24/h2-12H,13H2,1H3,(H,26,28)/b25-12-. The fourth-order valence-electron chi connectivity index (χ4n) is 2.72. The highest BCUT2D eigenvalue weighted by atomic mass is 35.5. The smallest absolute Gasteiger partial charge is 0.275 e. The lowest BCUT2D eigenvalue weighted by Gasteiger charge is -2.10. The van der Waals surface area contributed by atoms with Gasteiger partial charge in [0.2, 0.25) is 0 Å². The second-order valence-electron chi connectivity index (χ2n) is 6.40. The predicted octanol–water partition coefficient (Wildman–Crippen LogP) is 5.25. The van der Waals surface area contributed by atoms with E-state index in [9.17, 15) is 14.9 Å². The number of amides is 1. The van der Waals surface area contributed by atoms with Crippen molar-refractivity contribution in [2.24, 2.45) is 5.10 Å². The van der Waals surface area contributed by atoms with Gasteiger partial charge in [0.05, 0.1) is 23.8 Å². The molecule has 0 bridgehead atoms. The van der Waals surface area contributed by atoms with E-state index >= 15 is 0 Å². The van der Waals surface area contributed by atoms with Gasteiger partial charge in [-0.25, -0.2) is 5.43 Å². The lowest BCUT2D eigenvalue weighted by atomic mass is 10.1. The largest absolute Gasteiger partial charge is 0.496 e. The Hall–Kier alpha value is -3.62. The molecule has 8 nitrogen and oxygen atoms in total. The van der Waals surface area contributed by atoms with Crippen LogP contribution >= 0.6 is 23.2 Å². The average Bonchev–Trinajstić information content (AvgIpc) is 2.78. The van der Waals surface area contributed by atoms with E-state index in [1.54, 1.807) is 42.5 Å². The summed E-state index contributed by atoms with van der Waals surface area (Å²) in [6, 6.07) is 15.9. The summed E-state index contributed by atoms with van der Waals surface area (Å²) in [5.41, 5.74) is 3.45. The Labute approximate surface area is 193 Å². The summed E-state index contributed by atoms with van der Waals surface area (Å²) in [5, 5.41) is 15.9. The molecule has 32 heavy (non-hydrogen) atoms. The zero-order chi connectivity index (χ0) is 23.1. The molecule has 0 aliphatic carbocycles. The van der Waals surface area contributed by atoms with Gasteiger partial charge in [-0.1, -0.05) is 41.4 Å². The number of nitrogens with one attached hydrogen (secondary N) is 1. The number of carbonyl (C=O) groups excluding carboxylic acids is 1. The fourth-order valence-corrected chi connectivity index (χ4v) is 3.18. The van der Waals surface area contributed by atoms with Gasteiger partial charge in [0.15, 0.2) is 0 Å². The maximum absolute atomic E-state index is 12.5. The minimum Gasteiger partial charge on any atom is -0.496 e. The number of hydrazone groups is 1. The van der Waals surface area contributed by atoms with Crippen molar-refractivity contribution < 1.29 is 19.2 Å². The molecule has 0 spiro atoms. The molecule has 0 unspecified atom stereocenters. The van der Waals surface area contributed by atoms with Crippen LogP contribution in [0.3, 0.4) is 0 Å². The molecule has 0 fully saturated rings. The van der Waals surface area contributed by atoms with Crippen LogP contribution in [0.1, 0.15) is 21.5 Å². The van der Waals surface area contributed by atoms with Crippen LogP contribution in [0.4, 0.5) is 5.69 Å². The van der Waals surface area contributed by atoms with E-state index in [0.717, 1.165) is 11.6 Å². The summed E-state index contributed by atoms with van der Waals surface area (Å²) in [6.45, 7) is 0.206. The minimum atomic E-state index is -0.659. The van der Waals surface area contributed by atoms with Crippen molar-refractivity contribution in [1.82, 2.24) is 5.43 Å². The second-order valence-corrected chi connectivity index (χ2v) is 7.25. The SMILES string of the molecule is COc1ccc([N+](=O)[O-])cc1C(=O)N/N=C\c1ccccc1OCc1ccc(Cl)cc1Cl. The Morgan fingerprint density at radius 3 is 2.62 bits per heavy atom. The molecule has 10 heteroatoms. The maximum atomic E-state index is 12.5. The highest BCUT2D eigenvalue weighted by molar-refractivity contribution is 6.35. The molecular formula is C22H17Cl2N3O5. The van der Waals surface area contributed by atoms with Crippen molar-refractivity contribution in [3.8, 4) is 11.5 Å². The Balaban J connectivity index is 1.72. The highest BCUT2D eigenvalue weighted by Crippen LogP contribution is 2.25. The number of carbonyl (C=O) groups is 1. The van der Waals surface area contributed by atoms with E-state index in [-0.39, 0.29) is 23.6 Å². The van der Waals surface area contributed by atoms with Gasteiger partial charge in [-0.2, -0.15) is 5.10 Å². The first-order valence-electron chi connectivity index (χ1n) is 9.20. The first kappa shape index (κ1) is 23.1.